The zero-order valence-electron chi connectivity index (χ0n) is 17.4. The van der Waals surface area contributed by atoms with Crippen LogP contribution in [0.15, 0.2) is 48.0 Å². The molecule has 1 amide bonds. The van der Waals surface area contributed by atoms with Crippen molar-refractivity contribution < 1.29 is 19.1 Å². The minimum Gasteiger partial charge on any atom is -0.482 e. The fourth-order valence-corrected chi connectivity index (χ4v) is 4.12. The van der Waals surface area contributed by atoms with Gasteiger partial charge in [0.25, 0.3) is 5.91 Å². The van der Waals surface area contributed by atoms with E-state index in [1.54, 1.807) is 19.2 Å². The van der Waals surface area contributed by atoms with Crippen molar-refractivity contribution in [1.29, 1.82) is 0 Å². The van der Waals surface area contributed by atoms with Gasteiger partial charge in [0.15, 0.2) is 6.61 Å². The summed E-state index contributed by atoms with van der Waals surface area (Å²) in [4.78, 5) is 35.7. The lowest BCUT2D eigenvalue weighted by molar-refractivity contribution is -0.146. The second-order valence-electron chi connectivity index (χ2n) is 7.18. The number of rotatable bonds is 7. The first-order chi connectivity index (χ1) is 15.1. The molecule has 1 aliphatic rings. The Labute approximate surface area is 184 Å². The Kier molecular flexibility index (Phi) is 6.27. The Bertz CT molecular complexity index is 1080. The van der Waals surface area contributed by atoms with E-state index in [-0.39, 0.29) is 12.5 Å². The molecule has 1 unspecified atom stereocenters. The molecule has 3 heterocycles. The van der Waals surface area contributed by atoms with Crippen LogP contribution in [0.3, 0.4) is 0 Å². The average Bonchev–Trinajstić information content (AvgIpc) is 3.29. The monoisotopic (exact) mass is 437 g/mol. The standard InChI is InChI=1S/C23H23N3O4S/c1-3-4-11-29-23(28)15(2)26-19-12-16(8-9-20(19)30-13-21(26)27)18-14-31-22(25-18)17-7-5-6-10-24-17/h5-10,12,14-15H,3-4,11,13H2,1-2H3. The predicted molar refractivity (Wildman–Crippen MR) is 119 cm³/mol. The van der Waals surface area contributed by atoms with Crippen molar-refractivity contribution in [2.24, 2.45) is 0 Å². The molecular formula is C23H23N3O4S. The first-order valence-corrected chi connectivity index (χ1v) is 11.1. The van der Waals surface area contributed by atoms with Crippen LogP contribution in [0.1, 0.15) is 26.7 Å². The summed E-state index contributed by atoms with van der Waals surface area (Å²) in [6.07, 6.45) is 3.45. The lowest BCUT2D eigenvalue weighted by atomic mass is 10.1. The van der Waals surface area contributed by atoms with Gasteiger partial charge in [-0.2, -0.15) is 0 Å². The van der Waals surface area contributed by atoms with Crippen molar-refractivity contribution in [3.63, 3.8) is 0 Å². The van der Waals surface area contributed by atoms with Crippen LogP contribution in [0, 0.1) is 0 Å². The molecule has 160 valence electrons. The van der Waals surface area contributed by atoms with Crippen LogP contribution in [-0.2, 0) is 14.3 Å². The minimum atomic E-state index is -0.748. The van der Waals surface area contributed by atoms with Crippen LogP contribution in [0.2, 0.25) is 0 Å². The molecule has 3 aromatic rings. The maximum Gasteiger partial charge on any atom is 0.328 e. The van der Waals surface area contributed by atoms with Crippen molar-refractivity contribution in [2.45, 2.75) is 32.7 Å². The highest BCUT2D eigenvalue weighted by atomic mass is 32.1. The molecule has 1 aromatic carbocycles. The van der Waals surface area contributed by atoms with E-state index >= 15 is 0 Å². The molecule has 7 nitrogen and oxygen atoms in total. The smallest absolute Gasteiger partial charge is 0.328 e. The number of benzene rings is 1. The van der Waals surface area contributed by atoms with Gasteiger partial charge in [0.05, 0.1) is 23.7 Å². The van der Waals surface area contributed by atoms with E-state index in [1.807, 2.05) is 42.6 Å². The average molecular weight is 438 g/mol. The topological polar surface area (TPSA) is 81.6 Å². The number of ether oxygens (including phenoxy) is 2. The van der Waals surface area contributed by atoms with E-state index in [9.17, 15) is 9.59 Å². The zero-order valence-corrected chi connectivity index (χ0v) is 18.2. The van der Waals surface area contributed by atoms with E-state index < -0.39 is 12.0 Å². The van der Waals surface area contributed by atoms with Gasteiger partial charge in [0.2, 0.25) is 0 Å². The Morgan fingerprint density at radius 2 is 2.16 bits per heavy atom. The number of fused-ring (bicyclic) bond motifs is 1. The second-order valence-corrected chi connectivity index (χ2v) is 8.04. The number of unbranched alkanes of at least 4 members (excludes halogenated alkanes) is 1. The van der Waals surface area contributed by atoms with Crippen LogP contribution < -0.4 is 9.64 Å². The fourth-order valence-electron chi connectivity index (χ4n) is 3.31. The summed E-state index contributed by atoms with van der Waals surface area (Å²) in [6.45, 7) is 3.94. The van der Waals surface area contributed by atoms with Crippen LogP contribution in [-0.4, -0.2) is 41.1 Å². The Morgan fingerprint density at radius 1 is 1.29 bits per heavy atom. The van der Waals surface area contributed by atoms with Crippen LogP contribution in [0.4, 0.5) is 5.69 Å². The number of pyridine rings is 1. The normalized spacial score (nSPS) is 14.0. The number of hydrogen-bond donors (Lipinski definition) is 0. The number of aromatic nitrogens is 2. The molecule has 1 aliphatic heterocycles. The maximum atomic E-state index is 12.6. The maximum absolute atomic E-state index is 12.6. The van der Waals surface area contributed by atoms with Crippen molar-refractivity contribution in [3.05, 3.63) is 48.0 Å². The van der Waals surface area contributed by atoms with Gasteiger partial charge < -0.3 is 9.47 Å². The SMILES string of the molecule is CCCCOC(=O)C(C)N1C(=O)COc2ccc(-c3csc(-c4ccccn4)n3)cc21. The summed E-state index contributed by atoms with van der Waals surface area (Å²) in [5.41, 5.74) is 2.94. The number of anilines is 1. The third-order valence-corrected chi connectivity index (χ3v) is 5.86. The first-order valence-electron chi connectivity index (χ1n) is 10.2. The van der Waals surface area contributed by atoms with Gasteiger partial charge >= 0.3 is 5.97 Å². The van der Waals surface area contributed by atoms with Gasteiger partial charge in [0, 0.05) is 17.1 Å². The highest BCUT2D eigenvalue weighted by molar-refractivity contribution is 7.13. The lowest BCUT2D eigenvalue weighted by Crippen LogP contribution is -2.48. The molecule has 0 fully saturated rings. The molecule has 0 radical (unpaired) electrons. The third kappa shape index (κ3) is 4.44. The van der Waals surface area contributed by atoms with E-state index in [0.29, 0.717) is 18.0 Å². The highest BCUT2D eigenvalue weighted by Gasteiger charge is 2.34. The van der Waals surface area contributed by atoms with Gasteiger partial charge in [-0.15, -0.1) is 11.3 Å². The number of carbonyl (C=O) groups excluding carboxylic acids is 2. The molecule has 2 aromatic heterocycles. The molecule has 0 saturated carbocycles. The summed E-state index contributed by atoms with van der Waals surface area (Å²) in [7, 11) is 0. The van der Waals surface area contributed by atoms with Crippen LogP contribution in [0.5, 0.6) is 5.75 Å². The molecule has 0 aliphatic carbocycles. The van der Waals surface area contributed by atoms with Crippen molar-refractivity contribution in [3.8, 4) is 27.7 Å². The summed E-state index contributed by atoms with van der Waals surface area (Å²) in [5.74, 6) is -0.153. The first kappa shape index (κ1) is 21.0. The second kappa shape index (κ2) is 9.26. The molecule has 0 bridgehead atoms. The van der Waals surface area contributed by atoms with E-state index in [1.165, 1.54) is 16.2 Å². The molecule has 31 heavy (non-hydrogen) atoms. The molecule has 0 spiro atoms. The number of hydrogen-bond acceptors (Lipinski definition) is 7. The number of esters is 1. The summed E-state index contributed by atoms with van der Waals surface area (Å²) in [5, 5.41) is 2.76. The van der Waals surface area contributed by atoms with Gasteiger partial charge in [-0.3, -0.25) is 14.7 Å². The van der Waals surface area contributed by atoms with Crippen LogP contribution >= 0.6 is 11.3 Å². The Morgan fingerprint density at radius 3 is 2.94 bits per heavy atom. The van der Waals surface area contributed by atoms with Crippen molar-refractivity contribution >= 4 is 28.9 Å². The summed E-state index contributed by atoms with van der Waals surface area (Å²) >= 11 is 1.50. The molecule has 0 saturated heterocycles. The van der Waals surface area contributed by atoms with E-state index in [2.05, 4.69) is 4.98 Å². The van der Waals surface area contributed by atoms with Gasteiger partial charge in [-0.05, 0) is 43.7 Å². The molecular weight excluding hydrogens is 414 g/mol. The van der Waals surface area contributed by atoms with Gasteiger partial charge in [-0.25, -0.2) is 9.78 Å². The molecule has 8 heteroatoms. The van der Waals surface area contributed by atoms with Gasteiger partial charge in [-0.1, -0.05) is 19.4 Å². The fraction of sp³-hybridized carbons (Fsp3) is 0.304. The molecule has 0 N–H and O–H groups in total. The van der Waals surface area contributed by atoms with Crippen molar-refractivity contribution in [2.75, 3.05) is 18.1 Å². The van der Waals surface area contributed by atoms with E-state index in [4.69, 9.17) is 14.5 Å². The lowest BCUT2D eigenvalue weighted by Gasteiger charge is -2.33. The van der Waals surface area contributed by atoms with Gasteiger partial charge in [0.1, 0.15) is 16.8 Å². The number of carbonyl (C=O) groups is 2. The Balaban J connectivity index is 1.63. The summed E-state index contributed by atoms with van der Waals surface area (Å²) < 4.78 is 10.9. The largest absolute Gasteiger partial charge is 0.482 e. The molecule has 1 atom stereocenters. The number of amides is 1. The summed E-state index contributed by atoms with van der Waals surface area (Å²) in [6, 6.07) is 10.5. The van der Waals surface area contributed by atoms with Crippen LogP contribution in [0.25, 0.3) is 22.0 Å². The molecule has 4 rings (SSSR count). The third-order valence-electron chi connectivity index (χ3n) is 4.99. The Hall–Kier alpha value is -3.26. The number of thiazole rings is 1. The predicted octanol–water partition coefficient (Wildman–Crippen LogP) is 4.33. The number of nitrogens with zero attached hydrogens (tertiary/aromatic N) is 3. The highest BCUT2D eigenvalue weighted by Crippen LogP contribution is 2.38. The van der Waals surface area contributed by atoms with E-state index in [0.717, 1.165) is 34.8 Å². The minimum absolute atomic E-state index is 0.112. The zero-order chi connectivity index (χ0) is 21.8. The quantitative estimate of drug-likeness (QED) is 0.404. The van der Waals surface area contributed by atoms with Crippen molar-refractivity contribution in [1.82, 2.24) is 9.97 Å².